The van der Waals surface area contributed by atoms with Crippen LogP contribution >= 0.6 is 0 Å². The Morgan fingerprint density at radius 1 is 1.00 bits per heavy atom. The molecular weight excluding hydrogens is 390 g/mol. The average Bonchev–Trinajstić information content (AvgIpc) is 3.16. The molecule has 2 aromatic heterocycles. The summed E-state index contributed by atoms with van der Waals surface area (Å²) < 4.78 is 5.51. The third-order valence-corrected chi connectivity index (χ3v) is 6.70. The summed E-state index contributed by atoms with van der Waals surface area (Å²) in [6.45, 7) is 10.6. The van der Waals surface area contributed by atoms with Gasteiger partial charge in [0.15, 0.2) is 0 Å². The normalized spacial score (nSPS) is 19.0. The standard InChI is InChI=1S/C24H31N5O2/c1-17-15-21(22(30)16-27-13-11-25(4)12-14-27)18(2)28(17)23-19(3)26(5)29(24(23)31)20-9-7-6-8-10-20/h6-10,15H,11-14,16H2,1-5H3/p+2. The number of carbonyl (C=O) groups excluding carboxylic acids is 1. The van der Waals surface area contributed by atoms with Crippen LogP contribution in [0.25, 0.3) is 11.4 Å². The number of carbonyl (C=O) groups is 1. The number of nitrogens with one attached hydrogen (secondary N) is 2. The van der Waals surface area contributed by atoms with Gasteiger partial charge >= 0.3 is 0 Å². The maximum absolute atomic E-state index is 13.5. The lowest BCUT2D eigenvalue weighted by Crippen LogP contribution is -3.27. The van der Waals surface area contributed by atoms with E-state index in [0.29, 0.717) is 12.2 Å². The van der Waals surface area contributed by atoms with E-state index >= 15 is 0 Å². The van der Waals surface area contributed by atoms with Crippen molar-refractivity contribution in [3.8, 4) is 11.4 Å². The first kappa shape index (κ1) is 21.3. The smallest absolute Gasteiger partial charge is 0.295 e. The molecule has 1 aliphatic rings. The summed E-state index contributed by atoms with van der Waals surface area (Å²) in [5, 5.41) is 0. The molecule has 0 radical (unpaired) electrons. The molecule has 0 saturated carbocycles. The second-order valence-electron chi connectivity index (χ2n) is 8.84. The van der Waals surface area contributed by atoms with Crippen LogP contribution in [0.1, 0.15) is 27.4 Å². The Bertz CT molecular complexity index is 1160. The van der Waals surface area contributed by atoms with Gasteiger partial charge in [-0.05, 0) is 39.0 Å². The Labute approximate surface area is 183 Å². The van der Waals surface area contributed by atoms with E-state index in [2.05, 4.69) is 7.05 Å². The summed E-state index contributed by atoms with van der Waals surface area (Å²) >= 11 is 0. The molecule has 0 bridgehead atoms. The summed E-state index contributed by atoms with van der Waals surface area (Å²) in [4.78, 5) is 29.5. The molecular formula is C24H33N5O2+2. The average molecular weight is 424 g/mol. The lowest BCUT2D eigenvalue weighted by molar-refractivity contribution is -0.999. The highest BCUT2D eigenvalue weighted by atomic mass is 16.1. The molecule has 0 unspecified atom stereocenters. The van der Waals surface area contributed by atoms with Crippen molar-refractivity contribution in [1.82, 2.24) is 13.9 Å². The number of para-hydroxylation sites is 1. The van der Waals surface area contributed by atoms with Crippen molar-refractivity contribution in [2.75, 3.05) is 39.8 Å². The van der Waals surface area contributed by atoms with Crippen LogP contribution in [0.3, 0.4) is 0 Å². The highest BCUT2D eigenvalue weighted by molar-refractivity contribution is 5.98. The number of aryl methyl sites for hydroxylation is 1. The minimum absolute atomic E-state index is 0.0836. The van der Waals surface area contributed by atoms with Gasteiger partial charge in [-0.15, -0.1) is 0 Å². The second kappa shape index (κ2) is 8.32. The number of benzene rings is 1. The Morgan fingerprint density at radius 3 is 2.29 bits per heavy atom. The van der Waals surface area contributed by atoms with Crippen LogP contribution in [0.15, 0.2) is 41.2 Å². The van der Waals surface area contributed by atoms with Crippen molar-refractivity contribution in [2.45, 2.75) is 20.8 Å². The van der Waals surface area contributed by atoms with Gasteiger partial charge in [-0.3, -0.25) is 14.3 Å². The number of nitrogens with zero attached hydrogens (tertiary/aromatic N) is 3. The molecule has 0 amide bonds. The SMILES string of the molecule is Cc1cc(C(=O)C[NH+]2CC[NH+](C)CC2)c(C)n1-c1c(C)n(C)n(-c2ccccc2)c1=O. The van der Waals surface area contributed by atoms with Gasteiger partial charge in [0.25, 0.3) is 5.56 Å². The van der Waals surface area contributed by atoms with Gasteiger partial charge < -0.3 is 14.4 Å². The maximum Gasteiger partial charge on any atom is 0.295 e. The van der Waals surface area contributed by atoms with Gasteiger partial charge in [-0.2, -0.15) is 0 Å². The maximum atomic E-state index is 13.5. The Hall–Kier alpha value is -2.90. The molecule has 1 fully saturated rings. The molecule has 31 heavy (non-hydrogen) atoms. The Balaban J connectivity index is 1.71. The molecule has 7 nitrogen and oxygen atoms in total. The number of aromatic nitrogens is 3. The zero-order chi connectivity index (χ0) is 22.3. The summed E-state index contributed by atoms with van der Waals surface area (Å²) in [6, 6.07) is 11.6. The first-order chi connectivity index (χ1) is 14.8. The summed E-state index contributed by atoms with van der Waals surface area (Å²) in [5.41, 5.74) is 4.68. The first-order valence-corrected chi connectivity index (χ1v) is 11.0. The number of piperazine rings is 1. The fraction of sp³-hybridized carbons (Fsp3) is 0.417. The molecule has 2 N–H and O–H groups in total. The van der Waals surface area contributed by atoms with E-state index in [-0.39, 0.29) is 11.3 Å². The van der Waals surface area contributed by atoms with Crippen LogP contribution in [0.5, 0.6) is 0 Å². The molecule has 7 heteroatoms. The number of likely N-dealkylation sites (N-methyl/N-ethyl adjacent to an activating group) is 1. The Kier molecular flexibility index (Phi) is 5.73. The highest BCUT2D eigenvalue weighted by Crippen LogP contribution is 2.22. The molecule has 0 atom stereocenters. The molecule has 1 aromatic carbocycles. The number of hydrogen-bond donors (Lipinski definition) is 2. The van der Waals surface area contributed by atoms with Crippen molar-refractivity contribution in [3.63, 3.8) is 0 Å². The molecule has 0 spiro atoms. The van der Waals surface area contributed by atoms with E-state index < -0.39 is 0 Å². The highest BCUT2D eigenvalue weighted by Gasteiger charge is 2.27. The van der Waals surface area contributed by atoms with Crippen LogP contribution in [0.4, 0.5) is 0 Å². The van der Waals surface area contributed by atoms with Crippen LogP contribution in [-0.2, 0) is 7.05 Å². The number of rotatable bonds is 5. The quantitative estimate of drug-likeness (QED) is 0.543. The van der Waals surface area contributed by atoms with Crippen molar-refractivity contribution < 1.29 is 14.6 Å². The van der Waals surface area contributed by atoms with Gasteiger partial charge in [-0.1, -0.05) is 18.2 Å². The number of quaternary nitrogens is 2. The topological polar surface area (TPSA) is 57.8 Å². The fourth-order valence-corrected chi connectivity index (χ4v) is 4.73. The van der Waals surface area contributed by atoms with Gasteiger partial charge in [0.2, 0.25) is 5.78 Å². The minimum atomic E-state index is -0.0836. The van der Waals surface area contributed by atoms with Crippen LogP contribution in [0, 0.1) is 20.8 Å². The molecule has 0 aliphatic carbocycles. The molecule has 1 saturated heterocycles. The lowest BCUT2D eigenvalue weighted by Gasteiger charge is -2.26. The van der Waals surface area contributed by atoms with Crippen LogP contribution in [0.2, 0.25) is 0 Å². The van der Waals surface area contributed by atoms with E-state index in [1.807, 2.05) is 73.5 Å². The molecule has 164 valence electrons. The zero-order valence-corrected chi connectivity index (χ0v) is 19.2. The summed E-state index contributed by atoms with van der Waals surface area (Å²) in [6.07, 6.45) is 0. The monoisotopic (exact) mass is 423 g/mol. The molecule has 3 aromatic rings. The lowest BCUT2D eigenvalue weighted by atomic mass is 10.1. The predicted molar refractivity (Wildman–Crippen MR) is 121 cm³/mol. The zero-order valence-electron chi connectivity index (χ0n) is 19.2. The Morgan fingerprint density at radius 2 is 1.65 bits per heavy atom. The van der Waals surface area contributed by atoms with E-state index in [9.17, 15) is 9.59 Å². The third kappa shape index (κ3) is 3.79. The largest absolute Gasteiger partial charge is 0.328 e. The fourth-order valence-electron chi connectivity index (χ4n) is 4.73. The van der Waals surface area contributed by atoms with Crippen LogP contribution < -0.4 is 15.4 Å². The minimum Gasteiger partial charge on any atom is -0.328 e. The molecule has 1 aliphatic heterocycles. The van der Waals surface area contributed by atoms with E-state index in [0.717, 1.165) is 54.5 Å². The van der Waals surface area contributed by atoms with Gasteiger partial charge in [-0.25, -0.2) is 4.68 Å². The van der Waals surface area contributed by atoms with Crippen molar-refractivity contribution in [2.24, 2.45) is 7.05 Å². The van der Waals surface area contributed by atoms with E-state index in [1.54, 1.807) is 4.68 Å². The van der Waals surface area contributed by atoms with Crippen LogP contribution in [-0.4, -0.2) is 59.5 Å². The van der Waals surface area contributed by atoms with E-state index in [1.165, 1.54) is 9.80 Å². The molecule has 4 rings (SSSR count). The van der Waals surface area contributed by atoms with E-state index in [4.69, 9.17) is 0 Å². The van der Waals surface area contributed by atoms with Gasteiger partial charge in [0, 0.05) is 24.0 Å². The summed E-state index contributed by atoms with van der Waals surface area (Å²) in [5.74, 6) is 0.158. The van der Waals surface area contributed by atoms with Gasteiger partial charge in [0.05, 0.1) is 18.4 Å². The summed E-state index contributed by atoms with van der Waals surface area (Å²) in [7, 11) is 4.10. The number of hydrogen-bond acceptors (Lipinski definition) is 2. The van der Waals surface area contributed by atoms with Crippen molar-refractivity contribution >= 4 is 5.78 Å². The number of ketones is 1. The van der Waals surface area contributed by atoms with Crippen molar-refractivity contribution in [1.29, 1.82) is 0 Å². The third-order valence-electron chi connectivity index (χ3n) is 6.70. The first-order valence-electron chi connectivity index (χ1n) is 11.0. The number of Topliss-reactive ketones (excluding diaryl/α,β-unsaturated/α-hetero) is 1. The second-order valence-corrected chi connectivity index (χ2v) is 8.84. The molecule has 3 heterocycles. The van der Waals surface area contributed by atoms with Crippen molar-refractivity contribution in [3.05, 3.63) is 69.4 Å². The van der Waals surface area contributed by atoms with Gasteiger partial charge in [0.1, 0.15) is 38.4 Å². The predicted octanol–water partition coefficient (Wildman–Crippen LogP) is -0.512.